The molecule has 1 aliphatic carbocycles. The summed E-state index contributed by atoms with van der Waals surface area (Å²) in [6.45, 7) is 4.17. The molecule has 0 aromatic carbocycles. The number of hydrogen-bond acceptors (Lipinski definition) is 3. The summed E-state index contributed by atoms with van der Waals surface area (Å²) in [6, 6.07) is 0. The van der Waals surface area contributed by atoms with Crippen molar-refractivity contribution in [2.45, 2.75) is 51.0 Å². The van der Waals surface area contributed by atoms with Crippen molar-refractivity contribution < 1.29 is 5.11 Å². The van der Waals surface area contributed by atoms with E-state index < -0.39 is 0 Å². The molecule has 4 N–H and O–H groups in total. The maximum Gasteiger partial charge on any atom is 0.0443 e. The quantitative estimate of drug-likeness (QED) is 0.583. The van der Waals surface area contributed by atoms with Crippen LogP contribution in [-0.2, 0) is 0 Å². The molecule has 90 valence electrons. The minimum absolute atomic E-state index is 0.167. The van der Waals surface area contributed by atoms with E-state index in [9.17, 15) is 0 Å². The van der Waals surface area contributed by atoms with Crippen LogP contribution in [0.25, 0.3) is 0 Å². The highest BCUT2D eigenvalue weighted by molar-refractivity contribution is 4.93. The van der Waals surface area contributed by atoms with Gasteiger partial charge in [0.25, 0.3) is 0 Å². The Kier molecular flexibility index (Phi) is 5.58. The normalized spacial score (nSPS) is 31.8. The number of aliphatic hydroxyl groups is 1. The SMILES string of the molecule is CCC1CCC(CN)(NCCCO)CC1. The van der Waals surface area contributed by atoms with E-state index in [1.807, 2.05) is 0 Å². The second kappa shape index (κ2) is 6.46. The van der Waals surface area contributed by atoms with Crippen LogP contribution in [0.15, 0.2) is 0 Å². The molecule has 1 rings (SSSR count). The van der Waals surface area contributed by atoms with Crippen molar-refractivity contribution in [3.05, 3.63) is 0 Å². The fourth-order valence-electron chi connectivity index (χ4n) is 2.52. The first kappa shape index (κ1) is 12.9. The Labute approximate surface area is 93.4 Å². The molecule has 1 aliphatic rings. The van der Waals surface area contributed by atoms with E-state index in [-0.39, 0.29) is 12.1 Å². The van der Waals surface area contributed by atoms with Gasteiger partial charge in [-0.05, 0) is 44.6 Å². The first-order chi connectivity index (χ1) is 7.26. The lowest BCUT2D eigenvalue weighted by Gasteiger charge is -2.40. The molecular weight excluding hydrogens is 188 g/mol. The molecule has 0 aromatic rings. The second-order valence-corrected chi connectivity index (χ2v) is 4.84. The Hall–Kier alpha value is -0.120. The van der Waals surface area contributed by atoms with E-state index in [0.717, 1.165) is 25.4 Å². The number of aliphatic hydroxyl groups excluding tert-OH is 1. The Morgan fingerprint density at radius 2 is 2.07 bits per heavy atom. The number of hydrogen-bond donors (Lipinski definition) is 3. The van der Waals surface area contributed by atoms with Crippen LogP contribution in [-0.4, -0.2) is 30.3 Å². The molecule has 0 aromatic heterocycles. The first-order valence-corrected chi connectivity index (χ1v) is 6.32. The third-order valence-corrected chi connectivity index (χ3v) is 3.87. The van der Waals surface area contributed by atoms with Gasteiger partial charge in [0, 0.05) is 18.7 Å². The smallest absolute Gasteiger partial charge is 0.0443 e. The molecular formula is C12H26N2O. The van der Waals surface area contributed by atoms with E-state index in [4.69, 9.17) is 10.8 Å². The van der Waals surface area contributed by atoms with Crippen molar-refractivity contribution >= 4 is 0 Å². The summed E-state index contributed by atoms with van der Waals surface area (Å²) in [5, 5.41) is 12.3. The molecule has 0 spiro atoms. The van der Waals surface area contributed by atoms with Crippen LogP contribution in [0.5, 0.6) is 0 Å². The van der Waals surface area contributed by atoms with Gasteiger partial charge in [-0.2, -0.15) is 0 Å². The molecule has 0 heterocycles. The number of nitrogens with two attached hydrogens (primary N) is 1. The molecule has 1 fully saturated rings. The third-order valence-electron chi connectivity index (χ3n) is 3.87. The summed E-state index contributed by atoms with van der Waals surface area (Å²) in [5.74, 6) is 0.907. The number of nitrogens with one attached hydrogen (secondary N) is 1. The molecule has 0 unspecified atom stereocenters. The number of rotatable bonds is 6. The summed E-state index contributed by atoms with van der Waals surface area (Å²) >= 11 is 0. The van der Waals surface area contributed by atoms with Gasteiger partial charge in [-0.15, -0.1) is 0 Å². The average Bonchev–Trinajstić information content (AvgIpc) is 2.30. The van der Waals surface area contributed by atoms with Gasteiger partial charge in [0.1, 0.15) is 0 Å². The molecule has 3 heteroatoms. The lowest BCUT2D eigenvalue weighted by atomic mass is 9.75. The minimum Gasteiger partial charge on any atom is -0.396 e. The molecule has 3 nitrogen and oxygen atoms in total. The van der Waals surface area contributed by atoms with Crippen molar-refractivity contribution in [3.63, 3.8) is 0 Å². The summed E-state index contributed by atoms with van der Waals surface area (Å²) in [5.41, 5.74) is 6.05. The third kappa shape index (κ3) is 3.74. The van der Waals surface area contributed by atoms with Crippen molar-refractivity contribution in [3.8, 4) is 0 Å². The van der Waals surface area contributed by atoms with Crippen LogP contribution < -0.4 is 11.1 Å². The van der Waals surface area contributed by atoms with Crippen LogP contribution in [0.2, 0.25) is 0 Å². The largest absolute Gasteiger partial charge is 0.396 e. The van der Waals surface area contributed by atoms with Gasteiger partial charge in [0.15, 0.2) is 0 Å². The summed E-state index contributed by atoms with van der Waals surface area (Å²) in [7, 11) is 0. The Morgan fingerprint density at radius 1 is 1.40 bits per heavy atom. The van der Waals surface area contributed by atoms with Gasteiger partial charge in [-0.1, -0.05) is 13.3 Å². The highest BCUT2D eigenvalue weighted by Crippen LogP contribution is 2.32. The Balaban J connectivity index is 2.34. The van der Waals surface area contributed by atoms with Crippen LogP contribution in [0, 0.1) is 5.92 Å². The maximum absolute atomic E-state index is 8.76. The van der Waals surface area contributed by atoms with Crippen LogP contribution in [0.4, 0.5) is 0 Å². The van der Waals surface area contributed by atoms with Crippen LogP contribution >= 0.6 is 0 Å². The van der Waals surface area contributed by atoms with E-state index >= 15 is 0 Å². The molecule has 0 amide bonds. The molecule has 0 atom stereocenters. The highest BCUT2D eigenvalue weighted by atomic mass is 16.3. The van der Waals surface area contributed by atoms with Crippen LogP contribution in [0.1, 0.15) is 45.4 Å². The zero-order valence-corrected chi connectivity index (χ0v) is 9.97. The van der Waals surface area contributed by atoms with Gasteiger partial charge >= 0.3 is 0 Å². The summed E-state index contributed by atoms with van der Waals surface area (Å²) in [4.78, 5) is 0. The molecule has 15 heavy (non-hydrogen) atoms. The maximum atomic E-state index is 8.76. The van der Waals surface area contributed by atoms with Crippen molar-refractivity contribution in [1.82, 2.24) is 5.32 Å². The van der Waals surface area contributed by atoms with Crippen molar-refractivity contribution in [2.75, 3.05) is 19.7 Å². The predicted octanol–water partition coefficient (Wildman–Crippen LogP) is 1.26. The first-order valence-electron chi connectivity index (χ1n) is 6.32. The Bertz CT molecular complexity index is 159. The summed E-state index contributed by atoms with van der Waals surface area (Å²) < 4.78 is 0. The highest BCUT2D eigenvalue weighted by Gasteiger charge is 2.32. The molecule has 0 radical (unpaired) electrons. The van der Waals surface area contributed by atoms with Gasteiger partial charge in [0.05, 0.1) is 0 Å². The molecule has 0 aliphatic heterocycles. The average molecular weight is 214 g/mol. The zero-order valence-electron chi connectivity index (χ0n) is 9.97. The van der Waals surface area contributed by atoms with E-state index in [1.165, 1.54) is 32.1 Å². The standard InChI is InChI=1S/C12H26N2O/c1-2-11-4-6-12(10-13,7-5-11)14-8-3-9-15/h11,14-15H,2-10,13H2,1H3. The van der Waals surface area contributed by atoms with Gasteiger partial charge in [-0.25, -0.2) is 0 Å². The molecule has 1 saturated carbocycles. The fourth-order valence-corrected chi connectivity index (χ4v) is 2.52. The van der Waals surface area contributed by atoms with Crippen LogP contribution in [0.3, 0.4) is 0 Å². The molecule has 0 saturated heterocycles. The van der Waals surface area contributed by atoms with Crippen molar-refractivity contribution in [2.24, 2.45) is 11.7 Å². The summed E-state index contributed by atoms with van der Waals surface area (Å²) in [6.07, 6.45) is 7.15. The Morgan fingerprint density at radius 3 is 2.53 bits per heavy atom. The van der Waals surface area contributed by atoms with E-state index in [2.05, 4.69) is 12.2 Å². The topological polar surface area (TPSA) is 58.3 Å². The zero-order chi connectivity index (χ0) is 11.1. The van der Waals surface area contributed by atoms with E-state index in [0.29, 0.717) is 0 Å². The van der Waals surface area contributed by atoms with Gasteiger partial charge in [-0.3, -0.25) is 0 Å². The monoisotopic (exact) mass is 214 g/mol. The second-order valence-electron chi connectivity index (χ2n) is 4.84. The lowest BCUT2D eigenvalue weighted by molar-refractivity contribution is 0.185. The van der Waals surface area contributed by atoms with Gasteiger partial charge < -0.3 is 16.2 Å². The van der Waals surface area contributed by atoms with Gasteiger partial charge in [0.2, 0.25) is 0 Å². The minimum atomic E-state index is 0.167. The fraction of sp³-hybridized carbons (Fsp3) is 1.00. The van der Waals surface area contributed by atoms with E-state index in [1.54, 1.807) is 0 Å². The predicted molar refractivity (Wildman–Crippen MR) is 63.7 cm³/mol. The van der Waals surface area contributed by atoms with Crippen molar-refractivity contribution in [1.29, 1.82) is 0 Å². The lowest BCUT2D eigenvalue weighted by Crippen LogP contribution is -2.53. The molecule has 0 bridgehead atoms.